The summed E-state index contributed by atoms with van der Waals surface area (Å²) in [7, 11) is 1.46. The fourth-order valence-electron chi connectivity index (χ4n) is 1.86. The van der Waals surface area contributed by atoms with Gasteiger partial charge in [-0.2, -0.15) is 5.48 Å². The normalized spacial score (nSPS) is 12.8. The van der Waals surface area contributed by atoms with Gasteiger partial charge >= 0.3 is 0 Å². The molecule has 1 atom stereocenters. The summed E-state index contributed by atoms with van der Waals surface area (Å²) in [6.07, 6.45) is 2.38. The van der Waals surface area contributed by atoms with Gasteiger partial charge in [0.15, 0.2) is 0 Å². The summed E-state index contributed by atoms with van der Waals surface area (Å²) in [5.74, 6) is -0.433. The van der Waals surface area contributed by atoms with Crippen LogP contribution in [-0.2, 0) is 16.1 Å². The van der Waals surface area contributed by atoms with Gasteiger partial charge in [0, 0.05) is 23.5 Å². The van der Waals surface area contributed by atoms with E-state index in [9.17, 15) is 4.79 Å². The van der Waals surface area contributed by atoms with Gasteiger partial charge in [-0.3, -0.25) is 4.79 Å². The van der Waals surface area contributed by atoms with E-state index >= 15 is 0 Å². The summed E-state index contributed by atoms with van der Waals surface area (Å²) in [5.41, 5.74) is 9.97. The Morgan fingerprint density at radius 2 is 2.29 bits per heavy atom. The monoisotopic (exact) mass is 233 g/mol. The number of primary amides is 1. The molecule has 2 rings (SSSR count). The van der Waals surface area contributed by atoms with Crippen LogP contribution in [0, 0.1) is 0 Å². The van der Waals surface area contributed by atoms with Crippen LogP contribution < -0.4 is 11.2 Å². The van der Waals surface area contributed by atoms with Crippen molar-refractivity contribution in [3.8, 4) is 0 Å². The molecule has 0 spiro atoms. The third-order valence-electron chi connectivity index (χ3n) is 2.70. The van der Waals surface area contributed by atoms with Crippen molar-refractivity contribution in [2.75, 3.05) is 7.11 Å². The van der Waals surface area contributed by atoms with Gasteiger partial charge in [0.25, 0.3) is 0 Å². The molecule has 1 heterocycles. The minimum Gasteiger partial charge on any atom is -0.368 e. The van der Waals surface area contributed by atoms with Gasteiger partial charge in [-0.25, -0.2) is 0 Å². The predicted octanol–water partition coefficient (Wildman–Crippen LogP) is 0.715. The lowest BCUT2D eigenvalue weighted by Gasteiger charge is -2.12. The Kier molecular flexibility index (Phi) is 3.41. The van der Waals surface area contributed by atoms with Gasteiger partial charge in [-0.15, -0.1) is 0 Å². The zero-order chi connectivity index (χ0) is 12.3. The highest BCUT2D eigenvalue weighted by Gasteiger charge is 2.17. The molecule has 17 heavy (non-hydrogen) atoms. The molecule has 0 aliphatic carbocycles. The molecule has 0 aliphatic rings. The summed E-state index contributed by atoms with van der Waals surface area (Å²) in [5, 5.41) is 1.09. The van der Waals surface area contributed by atoms with Crippen molar-refractivity contribution < 1.29 is 9.63 Å². The maximum absolute atomic E-state index is 11.2. The Morgan fingerprint density at radius 1 is 1.53 bits per heavy atom. The quantitative estimate of drug-likeness (QED) is 0.665. The van der Waals surface area contributed by atoms with Crippen LogP contribution in [0.5, 0.6) is 0 Å². The van der Waals surface area contributed by atoms with Crippen LogP contribution in [0.1, 0.15) is 5.56 Å². The van der Waals surface area contributed by atoms with Crippen LogP contribution in [0.2, 0.25) is 0 Å². The first-order chi connectivity index (χ1) is 8.22. The molecular formula is C12H15N3O2. The molecule has 0 aliphatic heterocycles. The van der Waals surface area contributed by atoms with Crippen molar-refractivity contribution in [1.29, 1.82) is 0 Å². The number of benzene rings is 1. The van der Waals surface area contributed by atoms with Gasteiger partial charge in [0.2, 0.25) is 5.91 Å². The van der Waals surface area contributed by atoms with Crippen LogP contribution in [0.15, 0.2) is 30.5 Å². The van der Waals surface area contributed by atoms with E-state index in [1.54, 1.807) is 0 Å². The van der Waals surface area contributed by atoms with Gasteiger partial charge in [-0.05, 0) is 11.6 Å². The summed E-state index contributed by atoms with van der Waals surface area (Å²) in [6.45, 7) is 0. The molecule has 1 amide bonds. The van der Waals surface area contributed by atoms with Gasteiger partial charge in [0.1, 0.15) is 6.04 Å². The highest BCUT2D eigenvalue weighted by molar-refractivity contribution is 5.85. The first-order valence-electron chi connectivity index (χ1n) is 5.35. The minimum atomic E-state index is -0.529. The lowest BCUT2D eigenvalue weighted by molar-refractivity contribution is -0.123. The molecule has 0 radical (unpaired) electrons. The first kappa shape index (κ1) is 11.6. The molecule has 5 heteroatoms. The number of nitrogens with one attached hydrogen (secondary N) is 2. The van der Waals surface area contributed by atoms with Crippen LogP contribution in [-0.4, -0.2) is 24.0 Å². The number of carbonyl (C=O) groups excluding carboxylic acids is 1. The van der Waals surface area contributed by atoms with Crippen LogP contribution in [0.3, 0.4) is 0 Å². The molecule has 0 fully saturated rings. The number of nitrogens with two attached hydrogens (primary N) is 1. The SMILES string of the molecule is CON[C@@H](Cc1c[nH]c2ccccc12)C(N)=O. The van der Waals surface area contributed by atoms with E-state index in [0.717, 1.165) is 16.5 Å². The molecule has 0 saturated carbocycles. The molecule has 1 aromatic heterocycles. The second-order valence-electron chi connectivity index (χ2n) is 3.84. The Bertz CT molecular complexity index is 521. The summed E-state index contributed by atoms with van der Waals surface area (Å²) in [6, 6.07) is 7.39. The summed E-state index contributed by atoms with van der Waals surface area (Å²) in [4.78, 5) is 19.1. The average Bonchev–Trinajstić information content (AvgIpc) is 2.72. The van der Waals surface area contributed by atoms with E-state index in [1.165, 1.54) is 7.11 Å². The molecule has 90 valence electrons. The number of para-hydroxylation sites is 1. The molecule has 0 unspecified atom stereocenters. The molecule has 4 N–H and O–H groups in total. The number of aromatic amines is 1. The number of amides is 1. The maximum atomic E-state index is 11.2. The number of hydrogen-bond donors (Lipinski definition) is 3. The Labute approximate surface area is 98.9 Å². The molecule has 0 bridgehead atoms. The van der Waals surface area contributed by atoms with E-state index in [4.69, 9.17) is 10.6 Å². The number of H-pyrrole nitrogens is 1. The van der Waals surface area contributed by atoms with E-state index in [0.29, 0.717) is 6.42 Å². The smallest absolute Gasteiger partial charge is 0.237 e. The van der Waals surface area contributed by atoms with Crippen molar-refractivity contribution in [3.05, 3.63) is 36.0 Å². The van der Waals surface area contributed by atoms with Gasteiger partial charge in [0.05, 0.1) is 7.11 Å². The number of aromatic nitrogens is 1. The second kappa shape index (κ2) is 4.99. The van der Waals surface area contributed by atoms with Gasteiger partial charge in [-0.1, -0.05) is 18.2 Å². The van der Waals surface area contributed by atoms with E-state index in [2.05, 4.69) is 10.5 Å². The first-order valence-corrected chi connectivity index (χ1v) is 5.35. The van der Waals surface area contributed by atoms with E-state index in [-0.39, 0.29) is 0 Å². The van der Waals surface area contributed by atoms with Crippen LogP contribution in [0.4, 0.5) is 0 Å². The van der Waals surface area contributed by atoms with Crippen molar-refractivity contribution in [2.45, 2.75) is 12.5 Å². The lowest BCUT2D eigenvalue weighted by atomic mass is 10.1. The summed E-state index contributed by atoms with van der Waals surface area (Å²) >= 11 is 0. The predicted molar refractivity (Wildman–Crippen MR) is 65.1 cm³/mol. The molecule has 0 saturated heterocycles. The molecule has 2 aromatic rings. The lowest BCUT2D eigenvalue weighted by Crippen LogP contribution is -2.42. The highest BCUT2D eigenvalue weighted by atomic mass is 16.6. The fraction of sp³-hybridized carbons (Fsp3) is 0.250. The maximum Gasteiger partial charge on any atom is 0.237 e. The van der Waals surface area contributed by atoms with Gasteiger partial charge < -0.3 is 15.6 Å². The standard InChI is InChI=1S/C12H15N3O2/c1-17-15-11(12(13)16)6-8-7-14-10-5-3-2-4-9(8)10/h2-5,7,11,14-15H,6H2,1H3,(H2,13,16)/t11-/m0/s1. The fourth-order valence-corrected chi connectivity index (χ4v) is 1.86. The Balaban J connectivity index is 2.25. The molecule has 1 aromatic carbocycles. The van der Waals surface area contributed by atoms with E-state index in [1.807, 2.05) is 30.5 Å². The number of fused-ring (bicyclic) bond motifs is 1. The van der Waals surface area contributed by atoms with Crippen LogP contribution in [0.25, 0.3) is 10.9 Å². The average molecular weight is 233 g/mol. The molecule has 5 nitrogen and oxygen atoms in total. The summed E-state index contributed by atoms with van der Waals surface area (Å²) < 4.78 is 0. The Hall–Kier alpha value is -1.85. The number of rotatable bonds is 5. The van der Waals surface area contributed by atoms with Crippen molar-refractivity contribution in [3.63, 3.8) is 0 Å². The third-order valence-corrected chi connectivity index (χ3v) is 2.70. The van der Waals surface area contributed by atoms with Crippen LogP contribution >= 0.6 is 0 Å². The van der Waals surface area contributed by atoms with Crippen molar-refractivity contribution >= 4 is 16.8 Å². The zero-order valence-corrected chi connectivity index (χ0v) is 9.57. The number of carbonyl (C=O) groups is 1. The molecular weight excluding hydrogens is 218 g/mol. The topological polar surface area (TPSA) is 80.1 Å². The highest BCUT2D eigenvalue weighted by Crippen LogP contribution is 2.18. The Morgan fingerprint density at radius 3 is 3.00 bits per heavy atom. The van der Waals surface area contributed by atoms with Crippen molar-refractivity contribution in [2.24, 2.45) is 5.73 Å². The number of hydroxylamine groups is 1. The number of hydrogen-bond acceptors (Lipinski definition) is 3. The minimum absolute atomic E-state index is 0.433. The second-order valence-corrected chi connectivity index (χ2v) is 3.84. The zero-order valence-electron chi connectivity index (χ0n) is 9.57. The van der Waals surface area contributed by atoms with E-state index < -0.39 is 11.9 Å². The third kappa shape index (κ3) is 2.46. The largest absolute Gasteiger partial charge is 0.368 e. The van der Waals surface area contributed by atoms with Crippen molar-refractivity contribution in [1.82, 2.24) is 10.5 Å².